The Morgan fingerprint density at radius 2 is 1.91 bits per heavy atom. The number of aliphatic hydroxyl groups excluding tert-OH is 1. The number of carbonyl (C=O) groups is 1. The molecule has 2 amide bonds. The number of likely N-dealkylation sites (N-methyl/N-ethyl adjacent to an activating group) is 1. The van der Waals surface area contributed by atoms with Crippen molar-refractivity contribution >= 4 is 22.6 Å². The second kappa shape index (κ2) is 11.5. The van der Waals surface area contributed by atoms with Gasteiger partial charge < -0.3 is 35.5 Å². The van der Waals surface area contributed by atoms with Crippen molar-refractivity contribution in [3.63, 3.8) is 0 Å². The van der Waals surface area contributed by atoms with Crippen molar-refractivity contribution in [1.29, 1.82) is 0 Å². The SMILES string of the molecule is CCN(CCOC)C(=O)Nc1ccc(CNCC(O)c2ccc(O)c3[nH]c(=O)ccc23)cc1. The third-order valence-corrected chi connectivity index (χ3v) is 5.37. The number of amides is 2. The lowest BCUT2D eigenvalue weighted by Gasteiger charge is -2.21. The molecule has 1 atom stereocenters. The minimum Gasteiger partial charge on any atom is -0.506 e. The molecule has 3 aromatic rings. The molecule has 0 saturated carbocycles. The molecule has 5 N–H and O–H groups in total. The van der Waals surface area contributed by atoms with Gasteiger partial charge in [-0.1, -0.05) is 18.2 Å². The molecule has 3 rings (SSSR count). The number of methoxy groups -OCH3 is 1. The summed E-state index contributed by atoms with van der Waals surface area (Å²) in [6.07, 6.45) is -0.829. The average Bonchev–Trinajstić information content (AvgIpc) is 2.81. The van der Waals surface area contributed by atoms with Gasteiger partial charge >= 0.3 is 6.03 Å². The van der Waals surface area contributed by atoms with Crippen LogP contribution in [0, 0.1) is 0 Å². The average molecular weight is 455 g/mol. The fourth-order valence-electron chi connectivity index (χ4n) is 3.53. The third-order valence-electron chi connectivity index (χ3n) is 5.37. The van der Waals surface area contributed by atoms with E-state index in [1.807, 2.05) is 31.2 Å². The van der Waals surface area contributed by atoms with Crippen LogP contribution in [0.5, 0.6) is 5.75 Å². The zero-order chi connectivity index (χ0) is 23.8. The summed E-state index contributed by atoms with van der Waals surface area (Å²) in [5.41, 5.74) is 2.29. The van der Waals surface area contributed by atoms with Gasteiger partial charge in [0.15, 0.2) is 0 Å². The summed E-state index contributed by atoms with van der Waals surface area (Å²) < 4.78 is 5.03. The first-order valence-corrected chi connectivity index (χ1v) is 10.8. The maximum Gasteiger partial charge on any atom is 0.321 e. The smallest absolute Gasteiger partial charge is 0.321 e. The first-order chi connectivity index (χ1) is 15.9. The van der Waals surface area contributed by atoms with E-state index in [1.165, 1.54) is 12.1 Å². The Balaban J connectivity index is 1.55. The van der Waals surface area contributed by atoms with Crippen LogP contribution in [-0.4, -0.2) is 59.5 Å². The van der Waals surface area contributed by atoms with Crippen molar-refractivity contribution in [3.05, 3.63) is 70.0 Å². The molecule has 1 unspecified atom stereocenters. The van der Waals surface area contributed by atoms with Crippen molar-refractivity contribution in [3.8, 4) is 5.75 Å². The van der Waals surface area contributed by atoms with E-state index in [1.54, 1.807) is 24.1 Å². The van der Waals surface area contributed by atoms with E-state index in [0.717, 1.165) is 5.56 Å². The predicted molar refractivity (Wildman–Crippen MR) is 127 cm³/mol. The number of aromatic nitrogens is 1. The summed E-state index contributed by atoms with van der Waals surface area (Å²) in [7, 11) is 1.60. The summed E-state index contributed by atoms with van der Waals surface area (Å²) in [6.45, 7) is 4.31. The fraction of sp³-hybridized carbons (Fsp3) is 0.333. The van der Waals surface area contributed by atoms with Crippen molar-refractivity contribution in [2.24, 2.45) is 0 Å². The van der Waals surface area contributed by atoms with Gasteiger partial charge in [0.05, 0.1) is 18.2 Å². The lowest BCUT2D eigenvalue weighted by molar-refractivity contribution is 0.157. The predicted octanol–water partition coefficient (Wildman–Crippen LogP) is 2.56. The van der Waals surface area contributed by atoms with E-state index in [4.69, 9.17) is 4.74 Å². The van der Waals surface area contributed by atoms with E-state index >= 15 is 0 Å². The molecule has 0 aliphatic rings. The number of aromatic hydroxyl groups is 1. The van der Waals surface area contributed by atoms with Crippen LogP contribution in [0.2, 0.25) is 0 Å². The van der Waals surface area contributed by atoms with Crippen molar-refractivity contribution in [2.45, 2.75) is 19.6 Å². The first kappa shape index (κ1) is 24.2. The monoisotopic (exact) mass is 454 g/mol. The van der Waals surface area contributed by atoms with Crippen LogP contribution in [0.1, 0.15) is 24.2 Å². The Morgan fingerprint density at radius 1 is 1.15 bits per heavy atom. The van der Waals surface area contributed by atoms with E-state index in [-0.39, 0.29) is 23.9 Å². The Bertz CT molecular complexity index is 1130. The number of aromatic amines is 1. The molecule has 0 bridgehead atoms. The Morgan fingerprint density at radius 3 is 2.61 bits per heavy atom. The summed E-state index contributed by atoms with van der Waals surface area (Å²) in [5, 5.41) is 27.3. The largest absolute Gasteiger partial charge is 0.506 e. The van der Waals surface area contributed by atoms with E-state index < -0.39 is 6.10 Å². The maximum atomic E-state index is 12.3. The topological polar surface area (TPSA) is 127 Å². The van der Waals surface area contributed by atoms with Crippen LogP contribution in [0.25, 0.3) is 10.9 Å². The van der Waals surface area contributed by atoms with E-state index in [9.17, 15) is 19.8 Å². The number of nitrogens with zero attached hydrogens (tertiary/aromatic N) is 1. The van der Waals surface area contributed by atoms with E-state index in [0.29, 0.717) is 48.4 Å². The van der Waals surface area contributed by atoms with Crippen molar-refractivity contribution < 1.29 is 19.7 Å². The highest BCUT2D eigenvalue weighted by Crippen LogP contribution is 2.28. The molecule has 33 heavy (non-hydrogen) atoms. The molecule has 0 fully saturated rings. The summed E-state index contributed by atoms with van der Waals surface area (Å²) >= 11 is 0. The number of phenols is 1. The fourth-order valence-corrected chi connectivity index (χ4v) is 3.53. The molecule has 0 aliphatic carbocycles. The molecule has 0 aliphatic heterocycles. The van der Waals surface area contributed by atoms with Crippen LogP contribution in [0.4, 0.5) is 10.5 Å². The molecule has 1 heterocycles. The van der Waals surface area contributed by atoms with Gasteiger partial charge in [0.25, 0.3) is 0 Å². The van der Waals surface area contributed by atoms with Gasteiger partial charge in [-0.2, -0.15) is 0 Å². The van der Waals surface area contributed by atoms with Crippen LogP contribution >= 0.6 is 0 Å². The van der Waals surface area contributed by atoms with Crippen LogP contribution in [0.3, 0.4) is 0 Å². The number of aliphatic hydroxyl groups is 1. The normalized spacial score (nSPS) is 12.0. The molecule has 0 saturated heterocycles. The highest BCUT2D eigenvalue weighted by molar-refractivity contribution is 5.89. The van der Waals surface area contributed by atoms with Crippen molar-refractivity contribution in [2.75, 3.05) is 38.7 Å². The Hall–Kier alpha value is -3.40. The summed E-state index contributed by atoms with van der Waals surface area (Å²) in [4.78, 5) is 28.1. The minimum atomic E-state index is -0.829. The molecule has 1 aromatic heterocycles. The highest BCUT2D eigenvalue weighted by Gasteiger charge is 2.14. The second-order valence-electron chi connectivity index (χ2n) is 7.63. The molecular formula is C24H30N4O5. The van der Waals surface area contributed by atoms with Gasteiger partial charge in [-0.3, -0.25) is 4.79 Å². The van der Waals surface area contributed by atoms with Crippen LogP contribution in [0.15, 0.2) is 53.3 Å². The molecule has 0 radical (unpaired) electrons. The number of anilines is 1. The number of ether oxygens (including phenoxy) is 1. The number of fused-ring (bicyclic) bond motifs is 1. The second-order valence-corrected chi connectivity index (χ2v) is 7.63. The molecule has 0 spiro atoms. The maximum absolute atomic E-state index is 12.3. The summed E-state index contributed by atoms with van der Waals surface area (Å²) in [5.74, 6) is -0.0421. The zero-order valence-corrected chi connectivity index (χ0v) is 18.8. The standard InChI is InChI=1S/C24H30N4O5/c1-3-28(12-13-33-2)24(32)26-17-6-4-16(5-7-17)14-25-15-21(30)18-8-10-20(29)23-19(18)9-11-22(31)27-23/h4-11,21,25,29-30H,3,12-15H2,1-2H3,(H,26,32)(H,27,31). The van der Waals surface area contributed by atoms with Gasteiger partial charge in [0.2, 0.25) is 5.56 Å². The number of benzene rings is 2. The van der Waals surface area contributed by atoms with Crippen LogP contribution in [-0.2, 0) is 11.3 Å². The number of hydrogen-bond donors (Lipinski definition) is 5. The quantitative estimate of drug-likeness (QED) is 0.320. The van der Waals surface area contributed by atoms with Gasteiger partial charge in [0, 0.05) is 50.4 Å². The Labute approximate surface area is 192 Å². The lowest BCUT2D eigenvalue weighted by atomic mass is 10.0. The molecule has 2 aromatic carbocycles. The number of hydrogen-bond acceptors (Lipinski definition) is 6. The minimum absolute atomic E-state index is 0.0421. The van der Waals surface area contributed by atoms with Crippen LogP contribution < -0.4 is 16.2 Å². The third kappa shape index (κ3) is 6.32. The number of pyridine rings is 1. The summed E-state index contributed by atoms with van der Waals surface area (Å²) in [6, 6.07) is 13.4. The number of rotatable bonds is 10. The number of nitrogens with one attached hydrogen (secondary N) is 3. The highest BCUT2D eigenvalue weighted by atomic mass is 16.5. The van der Waals surface area contributed by atoms with Gasteiger partial charge in [-0.25, -0.2) is 4.79 Å². The Kier molecular flexibility index (Phi) is 8.42. The van der Waals surface area contributed by atoms with Gasteiger partial charge in [-0.15, -0.1) is 0 Å². The molecule has 9 heteroatoms. The number of H-pyrrole nitrogens is 1. The van der Waals surface area contributed by atoms with E-state index in [2.05, 4.69) is 15.6 Å². The zero-order valence-electron chi connectivity index (χ0n) is 18.8. The molecule has 9 nitrogen and oxygen atoms in total. The number of carbonyl (C=O) groups excluding carboxylic acids is 1. The van der Waals surface area contributed by atoms with Gasteiger partial charge in [-0.05, 0) is 42.3 Å². The number of urea groups is 1. The molecular weight excluding hydrogens is 424 g/mol. The number of phenolic OH excluding ortho intramolecular Hbond substituents is 1. The van der Waals surface area contributed by atoms with Crippen molar-refractivity contribution in [1.82, 2.24) is 15.2 Å². The first-order valence-electron chi connectivity index (χ1n) is 10.8. The lowest BCUT2D eigenvalue weighted by Crippen LogP contribution is -2.37. The molecule has 176 valence electrons. The van der Waals surface area contributed by atoms with Gasteiger partial charge in [0.1, 0.15) is 5.75 Å².